The molecule has 3 aliphatic rings. The van der Waals surface area contributed by atoms with Crippen LogP contribution >= 0.6 is 0 Å². The molecule has 3 fully saturated rings. The van der Waals surface area contributed by atoms with Gasteiger partial charge in [-0.2, -0.15) is 0 Å². The first-order valence-electron chi connectivity index (χ1n) is 34.3. The summed E-state index contributed by atoms with van der Waals surface area (Å²) < 4.78 is 51.2. The molecule has 90 heavy (non-hydrogen) atoms. The minimum Gasteiger partial charge on any atom is -0.466 e. The maximum absolute atomic E-state index is 13.0. The van der Waals surface area contributed by atoms with Crippen LogP contribution in [0.2, 0.25) is 0 Å². The average molecular weight is 1290 g/mol. The first-order chi connectivity index (χ1) is 43.4. The molecule has 24 heteroatoms. The molecule has 3 aliphatic heterocycles. The number of aliphatic hydroxyl groups excluding tert-OH is 6. The van der Waals surface area contributed by atoms with Crippen LogP contribution in [-0.2, 0) is 66.6 Å². The molecule has 524 valence electrons. The van der Waals surface area contributed by atoms with Gasteiger partial charge in [0, 0.05) is 81.3 Å². The lowest BCUT2D eigenvalue weighted by atomic mass is 9.82. The van der Waals surface area contributed by atoms with E-state index in [0.29, 0.717) is 149 Å². The van der Waals surface area contributed by atoms with Crippen LogP contribution in [-0.4, -0.2) is 201 Å². The van der Waals surface area contributed by atoms with Crippen molar-refractivity contribution >= 4 is 35.6 Å². The number of carbonyl (C=O) groups is 6. The Balaban J connectivity index is 1.26. The number of amides is 3. The number of ketones is 1. The summed E-state index contributed by atoms with van der Waals surface area (Å²) >= 11 is 0. The predicted molar refractivity (Wildman–Crippen MR) is 334 cm³/mol. The van der Waals surface area contributed by atoms with Crippen molar-refractivity contribution in [1.29, 1.82) is 0 Å². The van der Waals surface area contributed by atoms with E-state index in [-0.39, 0.29) is 93.4 Å². The fraction of sp³-hybridized carbons (Fsp3) is 0.909. The number of nitrogens with one attached hydrogen (secondary N) is 3. The summed E-state index contributed by atoms with van der Waals surface area (Å²) in [5.74, 6) is -0.507. The van der Waals surface area contributed by atoms with Crippen molar-refractivity contribution in [3.05, 3.63) is 0 Å². The number of hydrogen-bond acceptors (Lipinski definition) is 21. The van der Waals surface area contributed by atoms with Crippen LogP contribution in [0.3, 0.4) is 0 Å². The van der Waals surface area contributed by atoms with Crippen LogP contribution in [0.4, 0.5) is 4.79 Å². The Morgan fingerprint density at radius 2 is 0.756 bits per heavy atom. The largest absolute Gasteiger partial charge is 0.466 e. The number of rotatable bonds is 52. The number of esters is 2. The monoisotopic (exact) mass is 1290 g/mol. The van der Waals surface area contributed by atoms with Gasteiger partial charge in [0.1, 0.15) is 24.1 Å². The summed E-state index contributed by atoms with van der Waals surface area (Å²) in [6.45, 7) is 10.2. The minimum absolute atomic E-state index is 0.00776. The topological polar surface area (TPSA) is 343 Å². The van der Waals surface area contributed by atoms with Crippen molar-refractivity contribution in [2.45, 2.75) is 282 Å². The Morgan fingerprint density at radius 3 is 1.18 bits per heavy atom. The van der Waals surface area contributed by atoms with Gasteiger partial charge in [-0.1, -0.05) is 85.5 Å². The molecule has 0 aromatic rings. The molecule has 0 radical (unpaired) electrons. The van der Waals surface area contributed by atoms with Crippen molar-refractivity contribution < 1.29 is 102 Å². The summed E-state index contributed by atoms with van der Waals surface area (Å²) in [6.07, 6.45) is 14.1. The maximum Gasteiger partial charge on any atom is 0.407 e. The molecular formula is C66H119N3O21. The Bertz CT molecular complexity index is 1850. The second kappa shape index (κ2) is 49.0. The van der Waals surface area contributed by atoms with Gasteiger partial charge in [-0.3, -0.25) is 24.0 Å². The molecule has 13 unspecified atom stereocenters. The molecule has 24 nitrogen and oxygen atoms in total. The first-order valence-corrected chi connectivity index (χ1v) is 34.3. The van der Waals surface area contributed by atoms with E-state index in [0.717, 1.165) is 83.5 Å². The molecular weight excluding hydrogens is 1170 g/mol. The van der Waals surface area contributed by atoms with Gasteiger partial charge in [0.15, 0.2) is 18.9 Å². The fourth-order valence-electron chi connectivity index (χ4n) is 11.4. The maximum atomic E-state index is 13.0. The number of carbonyl (C=O) groups excluding carboxylic acids is 6. The standard InChI is InChI=1S/C66H119N3O21/c1-48-41-52(74)55(44-70)88-62(48)83-36-20-26-51(73)25-14-8-5-13-19-35-69-65(81)86-40-24-32-66(4,47-87-61(80)30-16-10-7-12-18-34-68-59(78)28-22-38-85-64-50(3)43-54(76)57(46-72)90-64)31-23-39-82-60(79)29-15-9-6-11-17-33-67-58(77)27-21-37-84-63-49(2)42-53(75)56(45-71)89-63/h48-50,52-57,62-64,70-72,74-76H,5-47H2,1-4H3,(H,67,77)(H,68,78)(H,69,81). The quantitative estimate of drug-likeness (QED) is 0.0170. The van der Waals surface area contributed by atoms with E-state index in [4.69, 9.17) is 42.6 Å². The molecule has 0 aromatic carbocycles. The van der Waals surface area contributed by atoms with Gasteiger partial charge in [0.25, 0.3) is 0 Å². The molecule has 3 saturated heterocycles. The molecule has 9 N–H and O–H groups in total. The number of aliphatic hydroxyl groups is 6. The van der Waals surface area contributed by atoms with Crippen LogP contribution in [0, 0.1) is 23.2 Å². The van der Waals surface area contributed by atoms with Crippen molar-refractivity contribution in [3.63, 3.8) is 0 Å². The molecule has 3 heterocycles. The molecule has 3 rings (SSSR count). The van der Waals surface area contributed by atoms with Gasteiger partial charge in [-0.15, -0.1) is 0 Å². The highest BCUT2D eigenvalue weighted by molar-refractivity contribution is 5.78. The summed E-state index contributed by atoms with van der Waals surface area (Å²) in [5, 5.41) is 66.9. The van der Waals surface area contributed by atoms with Crippen molar-refractivity contribution in [2.24, 2.45) is 23.2 Å². The number of unbranched alkanes of at least 4 members (excludes halogenated alkanes) is 12. The summed E-state index contributed by atoms with van der Waals surface area (Å²) in [6, 6.07) is 0. The lowest BCUT2D eigenvalue weighted by Gasteiger charge is -2.37. The van der Waals surface area contributed by atoms with E-state index in [2.05, 4.69) is 16.0 Å². The molecule has 0 aliphatic carbocycles. The Morgan fingerprint density at radius 1 is 0.411 bits per heavy atom. The molecule has 13 atom stereocenters. The number of hydrogen-bond donors (Lipinski definition) is 9. The number of Topliss-reactive ketones (excluding diaryl/α,β-unsaturated/α-hetero) is 1. The lowest BCUT2D eigenvalue weighted by Crippen LogP contribution is -2.46. The zero-order chi connectivity index (χ0) is 65.8. The van der Waals surface area contributed by atoms with Crippen molar-refractivity contribution in [1.82, 2.24) is 16.0 Å². The Labute approximate surface area is 536 Å². The van der Waals surface area contributed by atoms with Gasteiger partial charge in [-0.25, -0.2) is 4.79 Å². The average Bonchev–Trinajstić information content (AvgIpc) is 3.49. The van der Waals surface area contributed by atoms with Gasteiger partial charge < -0.3 is 89.2 Å². The highest BCUT2D eigenvalue weighted by atomic mass is 16.7. The van der Waals surface area contributed by atoms with Gasteiger partial charge in [-0.05, 0) is 103 Å². The van der Waals surface area contributed by atoms with E-state index in [9.17, 15) is 59.4 Å². The summed E-state index contributed by atoms with van der Waals surface area (Å²) in [4.78, 5) is 75.2. The third-order valence-corrected chi connectivity index (χ3v) is 17.1. The molecule has 0 saturated carbocycles. The lowest BCUT2D eigenvalue weighted by molar-refractivity contribution is -0.252. The highest BCUT2D eigenvalue weighted by Gasteiger charge is 2.37. The molecule has 0 aromatic heterocycles. The zero-order valence-electron chi connectivity index (χ0n) is 55.1. The van der Waals surface area contributed by atoms with Gasteiger partial charge >= 0.3 is 18.0 Å². The van der Waals surface area contributed by atoms with Crippen LogP contribution < -0.4 is 16.0 Å². The SMILES string of the molecule is CC1CC(O)C(CO)OC1OCCCC(=O)CCCCCCCNC(=O)OCCCC(C)(CCCOC(=O)CCCCCCCNC(=O)CCCOC1OC(CO)C(O)CC1C)COC(=O)CCCCCCCNC(=O)CCCOC1OC(CO)C(O)CC1C. The third kappa shape index (κ3) is 36.7. The zero-order valence-corrected chi connectivity index (χ0v) is 55.1. The van der Waals surface area contributed by atoms with E-state index in [1.54, 1.807) is 0 Å². The Kier molecular flexibility index (Phi) is 43.8. The summed E-state index contributed by atoms with van der Waals surface area (Å²) in [5.41, 5.74) is -0.455. The van der Waals surface area contributed by atoms with Crippen molar-refractivity contribution in [3.8, 4) is 0 Å². The third-order valence-electron chi connectivity index (χ3n) is 17.1. The number of alkyl carbamates (subject to hydrolysis) is 1. The van der Waals surface area contributed by atoms with Crippen LogP contribution in [0.25, 0.3) is 0 Å². The second-order valence-corrected chi connectivity index (χ2v) is 25.7. The second-order valence-electron chi connectivity index (χ2n) is 25.7. The fourth-order valence-corrected chi connectivity index (χ4v) is 11.4. The van der Waals surface area contributed by atoms with E-state index < -0.39 is 67.0 Å². The minimum atomic E-state index is -0.725. The molecule has 3 amide bonds. The predicted octanol–water partition coefficient (Wildman–Crippen LogP) is 6.89. The van der Waals surface area contributed by atoms with Crippen LogP contribution in [0.1, 0.15) is 227 Å². The smallest absolute Gasteiger partial charge is 0.407 e. The van der Waals surface area contributed by atoms with Crippen LogP contribution in [0.5, 0.6) is 0 Å². The van der Waals surface area contributed by atoms with Crippen LogP contribution in [0.15, 0.2) is 0 Å². The van der Waals surface area contributed by atoms with E-state index >= 15 is 0 Å². The van der Waals surface area contributed by atoms with E-state index in [1.807, 2.05) is 27.7 Å². The number of ether oxygens (including phenoxy) is 9. The summed E-state index contributed by atoms with van der Waals surface area (Å²) in [7, 11) is 0. The first kappa shape index (κ1) is 80.6. The molecule has 0 spiro atoms. The van der Waals surface area contributed by atoms with E-state index in [1.165, 1.54) is 0 Å². The normalized spacial score (nSPS) is 25.0. The molecule has 0 bridgehead atoms. The Hall–Kier alpha value is -3.66. The van der Waals surface area contributed by atoms with Gasteiger partial charge in [0.2, 0.25) is 11.8 Å². The van der Waals surface area contributed by atoms with Gasteiger partial charge in [0.05, 0.1) is 77.8 Å². The van der Waals surface area contributed by atoms with Crippen molar-refractivity contribution in [2.75, 3.05) is 79.1 Å². The highest BCUT2D eigenvalue weighted by Crippen LogP contribution is 2.32.